The number of nitrogens with zero attached hydrogens (tertiary/aromatic N) is 5. The molecule has 0 bridgehead atoms. The van der Waals surface area contributed by atoms with Gasteiger partial charge >= 0.3 is 0 Å². The Morgan fingerprint density at radius 1 is 1.16 bits per heavy atom. The number of rotatable bonds is 10. The van der Waals surface area contributed by atoms with Gasteiger partial charge in [-0.3, -0.25) is 4.90 Å². The molecule has 3 aromatic rings. The lowest BCUT2D eigenvalue weighted by Crippen LogP contribution is -2.46. The zero-order valence-corrected chi connectivity index (χ0v) is 21.8. The van der Waals surface area contributed by atoms with Crippen molar-refractivity contribution in [2.24, 2.45) is 0 Å². The van der Waals surface area contributed by atoms with Crippen LogP contribution in [0.1, 0.15) is 12.8 Å². The average Bonchev–Trinajstić information content (AvgIpc) is 3.43. The number of fused-ring (bicyclic) bond motifs is 1. The normalized spacial score (nSPS) is 18.4. The van der Waals surface area contributed by atoms with Crippen LogP contribution in [-0.4, -0.2) is 85.0 Å². The minimum atomic E-state index is -0.488. The summed E-state index contributed by atoms with van der Waals surface area (Å²) in [5, 5.41) is 12.8. The van der Waals surface area contributed by atoms with Gasteiger partial charge in [-0.25, -0.2) is 14.4 Å². The van der Waals surface area contributed by atoms with E-state index in [-0.39, 0.29) is 11.1 Å². The lowest BCUT2D eigenvalue weighted by Gasteiger charge is -2.33. The fourth-order valence-electron chi connectivity index (χ4n) is 4.65. The number of ether oxygens (including phenoxy) is 3. The van der Waals surface area contributed by atoms with Crippen LogP contribution in [-0.2, 0) is 4.74 Å². The number of hydrogen-bond donors (Lipinski definition) is 1. The van der Waals surface area contributed by atoms with Gasteiger partial charge in [-0.05, 0) is 24.6 Å². The van der Waals surface area contributed by atoms with Gasteiger partial charge in [0.1, 0.15) is 35.6 Å². The van der Waals surface area contributed by atoms with Gasteiger partial charge in [-0.1, -0.05) is 11.6 Å². The largest absolute Gasteiger partial charge is 0.493 e. The molecule has 2 aliphatic rings. The Labute approximate surface area is 226 Å². The zero-order valence-electron chi connectivity index (χ0n) is 21.0. The van der Waals surface area contributed by atoms with Crippen molar-refractivity contribution in [1.29, 1.82) is 5.26 Å². The number of benzene rings is 2. The van der Waals surface area contributed by atoms with Gasteiger partial charge in [0.05, 0.1) is 48.4 Å². The third kappa shape index (κ3) is 6.60. The highest BCUT2D eigenvalue weighted by Gasteiger charge is 2.21. The summed E-state index contributed by atoms with van der Waals surface area (Å²) in [6, 6.07) is 10.4. The molecule has 0 radical (unpaired) electrons. The lowest BCUT2D eigenvalue weighted by molar-refractivity contribution is 0.136. The van der Waals surface area contributed by atoms with Crippen molar-refractivity contribution in [3.8, 4) is 17.6 Å². The summed E-state index contributed by atoms with van der Waals surface area (Å²) < 4.78 is 31.6. The molecular formula is C27H30ClFN6O3. The number of piperazine rings is 1. The van der Waals surface area contributed by atoms with E-state index in [9.17, 15) is 4.39 Å². The predicted molar refractivity (Wildman–Crippen MR) is 143 cm³/mol. The molecule has 2 aromatic carbocycles. The van der Waals surface area contributed by atoms with E-state index >= 15 is 0 Å². The van der Waals surface area contributed by atoms with Crippen LogP contribution in [0, 0.1) is 17.1 Å². The second kappa shape index (κ2) is 12.5. The molecule has 200 valence electrons. The van der Waals surface area contributed by atoms with Crippen molar-refractivity contribution in [3.05, 3.63) is 47.5 Å². The first kappa shape index (κ1) is 26.4. The molecular weight excluding hydrogens is 511 g/mol. The molecule has 2 aliphatic heterocycles. The molecule has 3 heterocycles. The first-order chi connectivity index (χ1) is 18.6. The van der Waals surface area contributed by atoms with Crippen LogP contribution in [0.5, 0.6) is 11.5 Å². The molecule has 1 unspecified atom stereocenters. The van der Waals surface area contributed by atoms with Crippen molar-refractivity contribution in [2.75, 3.05) is 64.4 Å². The van der Waals surface area contributed by atoms with E-state index in [2.05, 4.69) is 31.2 Å². The standard InChI is InChI=1S/C27H30ClFN6O3/c28-22-14-19(2-3-23(22)29)33-27-26-24(31-18-32-27)15-21(16-25(26)38-20-4-13-36-17-20)37-12-1-6-34-8-10-35(7-5-30)11-9-34/h2-3,14-16,18,20H,1,4,6-13,17H2,(H,31,32,33). The molecule has 0 amide bonds. The summed E-state index contributed by atoms with van der Waals surface area (Å²) in [5.41, 5.74) is 1.26. The molecule has 1 atom stereocenters. The third-order valence-electron chi connectivity index (χ3n) is 6.69. The maximum Gasteiger partial charge on any atom is 0.145 e. The monoisotopic (exact) mass is 540 g/mol. The minimum absolute atomic E-state index is 0.0210. The van der Waals surface area contributed by atoms with Crippen LogP contribution >= 0.6 is 11.6 Å². The van der Waals surface area contributed by atoms with Gasteiger partial charge in [0.25, 0.3) is 0 Å². The Kier molecular flexibility index (Phi) is 8.71. The molecule has 1 N–H and O–H groups in total. The molecule has 11 heteroatoms. The number of nitrogens with one attached hydrogen (secondary N) is 1. The van der Waals surface area contributed by atoms with Gasteiger partial charge < -0.3 is 24.4 Å². The van der Waals surface area contributed by atoms with E-state index in [4.69, 9.17) is 31.1 Å². The smallest absolute Gasteiger partial charge is 0.145 e. The summed E-state index contributed by atoms with van der Waals surface area (Å²) in [6.07, 6.45) is 3.05. The van der Waals surface area contributed by atoms with Crippen molar-refractivity contribution in [3.63, 3.8) is 0 Å². The quantitative estimate of drug-likeness (QED) is 0.299. The topological polar surface area (TPSA) is 95.8 Å². The number of hydrogen-bond acceptors (Lipinski definition) is 9. The number of halogens is 2. The van der Waals surface area contributed by atoms with Crippen LogP contribution in [0.3, 0.4) is 0 Å². The molecule has 1 aromatic heterocycles. The van der Waals surface area contributed by atoms with Crippen molar-refractivity contribution in [2.45, 2.75) is 18.9 Å². The maximum absolute atomic E-state index is 13.7. The second-order valence-electron chi connectivity index (χ2n) is 9.37. The molecule has 9 nitrogen and oxygen atoms in total. The molecule has 2 fully saturated rings. The van der Waals surface area contributed by atoms with Crippen molar-refractivity contribution >= 4 is 34.0 Å². The van der Waals surface area contributed by atoms with Crippen LogP contribution in [0.25, 0.3) is 10.9 Å². The molecule has 0 spiro atoms. The first-order valence-corrected chi connectivity index (χ1v) is 13.2. The Morgan fingerprint density at radius 2 is 2.00 bits per heavy atom. The first-order valence-electron chi connectivity index (χ1n) is 12.8. The summed E-state index contributed by atoms with van der Waals surface area (Å²) >= 11 is 5.97. The second-order valence-corrected chi connectivity index (χ2v) is 9.78. The van der Waals surface area contributed by atoms with Gasteiger partial charge in [0.15, 0.2) is 0 Å². The fourth-order valence-corrected chi connectivity index (χ4v) is 4.83. The minimum Gasteiger partial charge on any atom is -0.493 e. The zero-order chi connectivity index (χ0) is 26.3. The van der Waals surface area contributed by atoms with Gasteiger partial charge in [0, 0.05) is 57.0 Å². The van der Waals surface area contributed by atoms with E-state index in [1.807, 2.05) is 12.1 Å². The average molecular weight is 541 g/mol. The van der Waals surface area contributed by atoms with E-state index in [0.717, 1.165) is 45.6 Å². The Morgan fingerprint density at radius 3 is 2.76 bits per heavy atom. The number of nitriles is 1. The fraction of sp³-hybridized carbons (Fsp3) is 0.444. The Hall–Kier alpha value is -3.23. The number of aromatic nitrogens is 2. The van der Waals surface area contributed by atoms with Gasteiger partial charge in [-0.2, -0.15) is 5.26 Å². The summed E-state index contributed by atoms with van der Waals surface area (Å²) in [7, 11) is 0. The Bertz CT molecular complexity index is 1290. The molecule has 38 heavy (non-hydrogen) atoms. The molecule has 2 saturated heterocycles. The van der Waals surface area contributed by atoms with Crippen LogP contribution in [0.2, 0.25) is 5.02 Å². The summed E-state index contributed by atoms with van der Waals surface area (Å²) in [6.45, 7) is 6.92. The van der Waals surface area contributed by atoms with E-state index in [0.29, 0.717) is 60.3 Å². The van der Waals surface area contributed by atoms with Crippen LogP contribution in [0.15, 0.2) is 36.7 Å². The van der Waals surface area contributed by atoms with Gasteiger partial charge in [0.2, 0.25) is 0 Å². The Balaban J connectivity index is 1.30. The highest BCUT2D eigenvalue weighted by Crippen LogP contribution is 2.37. The lowest BCUT2D eigenvalue weighted by atomic mass is 10.2. The predicted octanol–water partition coefficient (Wildman–Crippen LogP) is 4.24. The highest BCUT2D eigenvalue weighted by molar-refractivity contribution is 6.31. The molecule has 5 rings (SSSR count). The van der Waals surface area contributed by atoms with Crippen LogP contribution < -0.4 is 14.8 Å². The molecule has 0 saturated carbocycles. The SMILES string of the molecule is N#CCN1CCN(CCCOc2cc(OC3CCOC3)c3c(Nc4ccc(F)c(Cl)c4)ncnc3c2)CC1. The number of anilines is 2. The van der Waals surface area contributed by atoms with Crippen LogP contribution in [0.4, 0.5) is 15.9 Å². The van der Waals surface area contributed by atoms with Crippen molar-refractivity contribution in [1.82, 2.24) is 19.8 Å². The van der Waals surface area contributed by atoms with Gasteiger partial charge in [-0.15, -0.1) is 0 Å². The van der Waals surface area contributed by atoms with E-state index in [1.54, 1.807) is 6.07 Å². The summed E-state index contributed by atoms with van der Waals surface area (Å²) in [4.78, 5) is 13.5. The third-order valence-corrected chi connectivity index (χ3v) is 6.98. The van der Waals surface area contributed by atoms with E-state index in [1.165, 1.54) is 18.5 Å². The maximum atomic E-state index is 13.7. The van der Waals surface area contributed by atoms with Crippen molar-refractivity contribution < 1.29 is 18.6 Å². The van der Waals surface area contributed by atoms with E-state index < -0.39 is 5.82 Å². The molecule has 0 aliphatic carbocycles. The summed E-state index contributed by atoms with van der Waals surface area (Å²) in [5.74, 6) is 1.30. The highest BCUT2D eigenvalue weighted by atomic mass is 35.5.